The van der Waals surface area contributed by atoms with Gasteiger partial charge in [-0.05, 0) is 25.1 Å². The summed E-state index contributed by atoms with van der Waals surface area (Å²) in [5.74, 6) is 0.593. The first-order valence-corrected chi connectivity index (χ1v) is 5.20. The van der Waals surface area contributed by atoms with Crippen LogP contribution in [0.5, 0.6) is 5.75 Å². The molecule has 0 radical (unpaired) electrons. The van der Waals surface area contributed by atoms with Crippen LogP contribution in [0.3, 0.4) is 0 Å². The molecule has 1 atom stereocenters. The molecule has 0 spiro atoms. The maximum atomic E-state index is 12.1. The van der Waals surface area contributed by atoms with Crippen molar-refractivity contribution in [3.8, 4) is 17.2 Å². The summed E-state index contributed by atoms with van der Waals surface area (Å²) in [6, 6.07) is 5.66. The molecule has 1 unspecified atom stereocenters. The Labute approximate surface area is 102 Å². The van der Waals surface area contributed by atoms with Crippen LogP contribution < -0.4 is 10.5 Å². The summed E-state index contributed by atoms with van der Waals surface area (Å²) in [6.45, 7) is -1.16. The van der Waals surface area contributed by atoms with Gasteiger partial charge in [0.25, 0.3) is 5.89 Å². The molecule has 5 nitrogen and oxygen atoms in total. The highest BCUT2D eigenvalue weighted by atomic mass is 19.3. The van der Waals surface area contributed by atoms with Crippen molar-refractivity contribution in [3.63, 3.8) is 0 Å². The van der Waals surface area contributed by atoms with Gasteiger partial charge in [-0.15, -0.1) is 0 Å². The minimum atomic E-state index is -2.87. The summed E-state index contributed by atoms with van der Waals surface area (Å²) < 4.78 is 33.4. The molecule has 2 rings (SSSR count). The lowest BCUT2D eigenvalue weighted by Gasteiger charge is -2.04. The van der Waals surface area contributed by atoms with Crippen molar-refractivity contribution in [2.24, 2.45) is 5.73 Å². The Morgan fingerprint density at radius 2 is 2.17 bits per heavy atom. The number of nitrogens with zero attached hydrogens (tertiary/aromatic N) is 2. The van der Waals surface area contributed by atoms with Crippen LogP contribution in [-0.2, 0) is 0 Å². The number of alkyl halides is 2. The molecular weight excluding hydrogens is 244 g/mol. The highest BCUT2D eigenvalue weighted by Crippen LogP contribution is 2.24. The van der Waals surface area contributed by atoms with Gasteiger partial charge in [-0.1, -0.05) is 11.2 Å². The number of hydrogen-bond donors (Lipinski definition) is 1. The summed E-state index contributed by atoms with van der Waals surface area (Å²) in [7, 11) is 0. The molecule has 0 fully saturated rings. The molecular formula is C11H11F2N3O2. The van der Waals surface area contributed by atoms with E-state index >= 15 is 0 Å². The molecule has 0 amide bonds. The lowest BCUT2D eigenvalue weighted by Crippen LogP contribution is -2.06. The third kappa shape index (κ3) is 2.80. The third-order valence-corrected chi connectivity index (χ3v) is 2.16. The molecule has 0 saturated carbocycles. The molecule has 2 N–H and O–H groups in total. The SMILES string of the molecule is CC(N)c1noc(-c2cccc(OC(F)F)c2)n1. The fourth-order valence-corrected chi connectivity index (χ4v) is 1.34. The van der Waals surface area contributed by atoms with Crippen LogP contribution in [0.1, 0.15) is 18.8 Å². The molecule has 0 bridgehead atoms. The Hall–Kier alpha value is -2.02. The van der Waals surface area contributed by atoms with E-state index < -0.39 is 6.61 Å². The molecule has 96 valence electrons. The Bertz CT molecular complexity index is 529. The Kier molecular flexibility index (Phi) is 3.52. The number of hydrogen-bond acceptors (Lipinski definition) is 5. The van der Waals surface area contributed by atoms with Crippen LogP contribution >= 0.6 is 0 Å². The first-order valence-electron chi connectivity index (χ1n) is 5.20. The zero-order chi connectivity index (χ0) is 13.1. The van der Waals surface area contributed by atoms with Crippen molar-refractivity contribution >= 4 is 0 Å². The molecule has 1 aromatic carbocycles. The molecule has 18 heavy (non-hydrogen) atoms. The highest BCUT2D eigenvalue weighted by Gasteiger charge is 2.13. The second-order valence-corrected chi connectivity index (χ2v) is 3.65. The largest absolute Gasteiger partial charge is 0.435 e. The summed E-state index contributed by atoms with van der Waals surface area (Å²) in [4.78, 5) is 4.05. The predicted octanol–water partition coefficient (Wildman–Crippen LogP) is 2.36. The van der Waals surface area contributed by atoms with E-state index in [0.29, 0.717) is 11.4 Å². The first-order chi connectivity index (χ1) is 8.56. The van der Waals surface area contributed by atoms with Gasteiger partial charge in [-0.2, -0.15) is 13.8 Å². The van der Waals surface area contributed by atoms with Crippen LogP contribution in [-0.4, -0.2) is 16.8 Å². The van der Waals surface area contributed by atoms with E-state index in [1.54, 1.807) is 19.1 Å². The van der Waals surface area contributed by atoms with E-state index in [0.717, 1.165) is 0 Å². The minimum absolute atomic E-state index is 0.0306. The molecule has 0 saturated heterocycles. The molecule has 0 aliphatic rings. The smallest absolute Gasteiger partial charge is 0.387 e. The fourth-order valence-electron chi connectivity index (χ4n) is 1.34. The van der Waals surface area contributed by atoms with Crippen molar-refractivity contribution in [2.45, 2.75) is 19.6 Å². The predicted molar refractivity (Wildman–Crippen MR) is 59.0 cm³/mol. The van der Waals surface area contributed by atoms with E-state index in [9.17, 15) is 8.78 Å². The van der Waals surface area contributed by atoms with Crippen LogP contribution in [0.2, 0.25) is 0 Å². The summed E-state index contributed by atoms with van der Waals surface area (Å²) in [5.41, 5.74) is 6.09. The van der Waals surface area contributed by atoms with Crippen LogP contribution in [0, 0.1) is 0 Å². The molecule has 1 aromatic heterocycles. The lowest BCUT2D eigenvalue weighted by molar-refractivity contribution is -0.0498. The van der Waals surface area contributed by atoms with Gasteiger partial charge in [0, 0.05) is 5.56 Å². The number of benzene rings is 1. The molecule has 2 aromatic rings. The second-order valence-electron chi connectivity index (χ2n) is 3.65. The van der Waals surface area contributed by atoms with E-state index in [1.165, 1.54) is 12.1 Å². The minimum Gasteiger partial charge on any atom is -0.435 e. The van der Waals surface area contributed by atoms with Gasteiger partial charge in [0.1, 0.15) is 5.75 Å². The van der Waals surface area contributed by atoms with Gasteiger partial charge in [0.05, 0.1) is 6.04 Å². The quantitative estimate of drug-likeness (QED) is 0.907. The van der Waals surface area contributed by atoms with Crippen LogP contribution in [0.15, 0.2) is 28.8 Å². The first kappa shape index (κ1) is 12.4. The van der Waals surface area contributed by atoms with Crippen molar-refractivity contribution < 1.29 is 18.0 Å². The van der Waals surface area contributed by atoms with Crippen molar-refractivity contribution in [2.75, 3.05) is 0 Å². The number of halogens is 2. The van der Waals surface area contributed by atoms with Gasteiger partial charge in [0.2, 0.25) is 0 Å². The number of aromatic nitrogens is 2. The van der Waals surface area contributed by atoms with Gasteiger partial charge in [0.15, 0.2) is 5.82 Å². The topological polar surface area (TPSA) is 74.2 Å². The summed E-state index contributed by atoms with van der Waals surface area (Å²) >= 11 is 0. The Morgan fingerprint density at radius 3 is 2.78 bits per heavy atom. The number of ether oxygens (including phenoxy) is 1. The van der Waals surface area contributed by atoms with Crippen molar-refractivity contribution in [3.05, 3.63) is 30.1 Å². The fraction of sp³-hybridized carbons (Fsp3) is 0.273. The molecule has 0 aliphatic heterocycles. The summed E-state index contributed by atoms with van der Waals surface area (Å²) in [6.07, 6.45) is 0. The van der Waals surface area contributed by atoms with Crippen LogP contribution in [0.4, 0.5) is 8.78 Å². The Morgan fingerprint density at radius 1 is 1.39 bits per heavy atom. The van der Waals surface area contributed by atoms with Crippen molar-refractivity contribution in [1.29, 1.82) is 0 Å². The van der Waals surface area contributed by atoms with Crippen molar-refractivity contribution in [1.82, 2.24) is 10.1 Å². The second kappa shape index (κ2) is 5.09. The highest BCUT2D eigenvalue weighted by molar-refractivity contribution is 5.55. The zero-order valence-corrected chi connectivity index (χ0v) is 9.51. The van der Waals surface area contributed by atoms with Gasteiger partial charge >= 0.3 is 6.61 Å². The molecule has 7 heteroatoms. The standard InChI is InChI=1S/C11H11F2N3O2/c1-6(14)9-15-10(18-16-9)7-3-2-4-8(5-7)17-11(12)13/h2-6,11H,14H2,1H3. The normalized spacial score (nSPS) is 12.7. The number of nitrogens with two attached hydrogens (primary N) is 1. The van der Waals surface area contributed by atoms with E-state index in [-0.39, 0.29) is 17.7 Å². The van der Waals surface area contributed by atoms with Gasteiger partial charge in [-0.25, -0.2) is 0 Å². The maximum Gasteiger partial charge on any atom is 0.387 e. The average Bonchev–Trinajstić information content (AvgIpc) is 2.77. The van der Waals surface area contributed by atoms with E-state index in [2.05, 4.69) is 14.9 Å². The zero-order valence-electron chi connectivity index (χ0n) is 9.51. The monoisotopic (exact) mass is 255 g/mol. The number of rotatable bonds is 4. The summed E-state index contributed by atoms with van der Waals surface area (Å²) in [5, 5.41) is 3.68. The van der Waals surface area contributed by atoms with Crippen LogP contribution in [0.25, 0.3) is 11.5 Å². The van der Waals surface area contributed by atoms with E-state index in [1.807, 2.05) is 0 Å². The lowest BCUT2D eigenvalue weighted by atomic mass is 10.2. The maximum absolute atomic E-state index is 12.1. The average molecular weight is 255 g/mol. The molecule has 1 heterocycles. The van der Waals surface area contributed by atoms with Gasteiger partial charge in [-0.3, -0.25) is 0 Å². The Balaban J connectivity index is 2.26. The van der Waals surface area contributed by atoms with E-state index in [4.69, 9.17) is 10.3 Å². The molecule has 0 aliphatic carbocycles. The van der Waals surface area contributed by atoms with Gasteiger partial charge < -0.3 is 15.0 Å². The third-order valence-electron chi connectivity index (χ3n) is 2.16.